The van der Waals surface area contributed by atoms with Crippen molar-refractivity contribution in [2.24, 2.45) is 0 Å². The first kappa shape index (κ1) is 55.2. The quantitative estimate of drug-likeness (QED) is 0.0350. The van der Waals surface area contributed by atoms with Crippen molar-refractivity contribution in [1.29, 1.82) is 0 Å². The van der Waals surface area contributed by atoms with Gasteiger partial charge in [0, 0.05) is 59.1 Å². The molecule has 0 aliphatic carbocycles. The summed E-state index contributed by atoms with van der Waals surface area (Å²) in [6.07, 6.45) is 3.45. The predicted octanol–water partition coefficient (Wildman–Crippen LogP) is 17.5. The summed E-state index contributed by atoms with van der Waals surface area (Å²) in [5.74, 6) is 3.30. The second kappa shape index (κ2) is 25.7. The van der Waals surface area contributed by atoms with Crippen molar-refractivity contribution in [2.45, 2.75) is 65.2 Å². The highest BCUT2D eigenvalue weighted by Gasteiger charge is 2.20. The average molecular weight is 1040 g/mol. The SMILES string of the molecule is C=CC(=O)OCCCOc1ccc(Oc2ccc(N(c3ccc(-c4ccc(N(c5ccc(Oc6ccc(OCCCOC(=O)C=C)cc6)cc5)c5ccc(C(C)(C)C)cc5)cc4)cc3)c3ccc(C(C)(C)C)cc3)cc2)cc1. The number of ether oxygens (including phenoxy) is 6. The molecule has 0 amide bonds. The summed E-state index contributed by atoms with van der Waals surface area (Å²) in [5, 5.41) is 0. The van der Waals surface area contributed by atoms with E-state index in [0.717, 1.165) is 57.4 Å². The van der Waals surface area contributed by atoms with Crippen LogP contribution >= 0.6 is 0 Å². The van der Waals surface area contributed by atoms with E-state index in [9.17, 15) is 9.59 Å². The lowest BCUT2D eigenvalue weighted by molar-refractivity contribution is -0.138. The van der Waals surface area contributed by atoms with E-state index in [4.69, 9.17) is 28.4 Å². The van der Waals surface area contributed by atoms with E-state index < -0.39 is 11.9 Å². The molecule has 78 heavy (non-hydrogen) atoms. The second-order valence-corrected chi connectivity index (χ2v) is 20.6. The van der Waals surface area contributed by atoms with Gasteiger partial charge in [-0.1, -0.05) is 103 Å². The second-order valence-electron chi connectivity index (χ2n) is 20.6. The maximum absolute atomic E-state index is 11.3. The zero-order valence-electron chi connectivity index (χ0n) is 45.4. The van der Waals surface area contributed by atoms with Crippen LogP contribution < -0.4 is 28.7 Å². The number of esters is 2. The van der Waals surface area contributed by atoms with Crippen molar-refractivity contribution in [2.75, 3.05) is 36.2 Å². The minimum Gasteiger partial charge on any atom is -0.493 e. The Balaban J connectivity index is 0.977. The Labute approximate surface area is 459 Å². The molecule has 8 rings (SSSR count). The lowest BCUT2D eigenvalue weighted by atomic mass is 9.87. The largest absolute Gasteiger partial charge is 0.493 e. The highest BCUT2D eigenvalue weighted by Crippen LogP contribution is 2.41. The van der Waals surface area contributed by atoms with Crippen molar-refractivity contribution in [3.05, 3.63) is 231 Å². The molecule has 0 radical (unpaired) electrons. The molecule has 10 nitrogen and oxygen atoms in total. The van der Waals surface area contributed by atoms with Crippen LogP contribution in [0.2, 0.25) is 0 Å². The smallest absolute Gasteiger partial charge is 0.330 e. The molecule has 8 aromatic rings. The molecule has 0 spiro atoms. The van der Waals surface area contributed by atoms with E-state index in [0.29, 0.717) is 60.6 Å². The van der Waals surface area contributed by atoms with Gasteiger partial charge in [-0.25, -0.2) is 9.59 Å². The molecule has 0 heterocycles. The minimum absolute atomic E-state index is 0.0139. The molecule has 8 aromatic carbocycles. The van der Waals surface area contributed by atoms with Crippen LogP contribution in [-0.4, -0.2) is 38.4 Å². The molecule has 0 saturated carbocycles. The van der Waals surface area contributed by atoms with Crippen LogP contribution in [0, 0.1) is 0 Å². The highest BCUT2D eigenvalue weighted by atomic mass is 16.5. The van der Waals surface area contributed by atoms with Gasteiger partial charge in [0.25, 0.3) is 0 Å². The van der Waals surface area contributed by atoms with Gasteiger partial charge in [0.1, 0.15) is 34.5 Å². The molecule has 0 saturated heterocycles. The molecule has 0 aliphatic rings. The molecule has 0 bridgehead atoms. The number of hydrogen-bond acceptors (Lipinski definition) is 10. The topological polar surface area (TPSA) is 96.0 Å². The van der Waals surface area contributed by atoms with E-state index in [-0.39, 0.29) is 24.0 Å². The van der Waals surface area contributed by atoms with Crippen LogP contribution in [0.25, 0.3) is 11.1 Å². The third kappa shape index (κ3) is 15.1. The molecule has 10 heteroatoms. The summed E-state index contributed by atoms with van der Waals surface area (Å²) in [6.45, 7) is 21.6. The van der Waals surface area contributed by atoms with E-state index in [1.54, 1.807) is 0 Å². The van der Waals surface area contributed by atoms with Crippen molar-refractivity contribution >= 4 is 46.1 Å². The first-order chi connectivity index (χ1) is 37.6. The zero-order chi connectivity index (χ0) is 55.1. The van der Waals surface area contributed by atoms with Gasteiger partial charge in [0.15, 0.2) is 0 Å². The first-order valence-electron chi connectivity index (χ1n) is 26.3. The van der Waals surface area contributed by atoms with Gasteiger partial charge in [-0.05, 0) is 179 Å². The molecule has 0 aromatic heterocycles. The Kier molecular flexibility index (Phi) is 18.2. The third-order valence-corrected chi connectivity index (χ3v) is 12.8. The summed E-state index contributed by atoms with van der Waals surface area (Å²) >= 11 is 0. The van der Waals surface area contributed by atoms with Gasteiger partial charge in [0.05, 0.1) is 26.4 Å². The van der Waals surface area contributed by atoms with Crippen molar-refractivity contribution in [3.8, 4) is 45.6 Å². The number of benzene rings is 8. The standard InChI is InChI=1S/C68H68N2O8/c1-9-65(71)75-47-11-45-73-59-37-41-63(42-38-59)77-61-33-29-57(30-34-61)69(55-25-17-51(18-26-55)67(3,4)5)53-21-13-49(14-22-53)50-15-23-54(24-16-50)70(56-27-19-52(20-28-56)68(6,7)8)58-31-35-62(36-32-58)78-64-43-39-60(40-44-64)74-46-12-48-76-66(72)10-2/h9-10,13-44H,1-2,11-12,45-48H2,3-8H3. The summed E-state index contributed by atoms with van der Waals surface area (Å²) < 4.78 is 34.2. The fraction of sp³-hybridized carbons (Fsp3) is 0.206. The van der Waals surface area contributed by atoms with Crippen molar-refractivity contribution in [1.82, 2.24) is 0 Å². The van der Waals surface area contributed by atoms with Gasteiger partial charge < -0.3 is 38.2 Å². The highest BCUT2D eigenvalue weighted by molar-refractivity contribution is 5.82. The van der Waals surface area contributed by atoms with Crippen LogP contribution in [0.1, 0.15) is 65.5 Å². The molecule has 0 N–H and O–H groups in total. The zero-order valence-corrected chi connectivity index (χ0v) is 45.4. The normalized spacial score (nSPS) is 11.2. The third-order valence-electron chi connectivity index (χ3n) is 12.8. The molecule has 0 atom stereocenters. The average Bonchev–Trinajstić information content (AvgIpc) is 3.45. The Morgan fingerprint density at radius 1 is 0.359 bits per heavy atom. The van der Waals surface area contributed by atoms with Gasteiger partial charge in [-0.2, -0.15) is 0 Å². The molecular weight excluding hydrogens is 973 g/mol. The van der Waals surface area contributed by atoms with Crippen molar-refractivity contribution < 1.29 is 38.0 Å². The fourth-order valence-corrected chi connectivity index (χ4v) is 8.49. The number of rotatable bonds is 23. The number of anilines is 6. The maximum Gasteiger partial charge on any atom is 0.330 e. The molecule has 0 fully saturated rings. The number of carbonyl (C=O) groups excluding carboxylic acids is 2. The Morgan fingerprint density at radius 3 is 0.872 bits per heavy atom. The van der Waals surface area contributed by atoms with E-state index in [1.165, 1.54) is 11.1 Å². The molecule has 0 unspecified atom stereocenters. The van der Waals surface area contributed by atoms with E-state index in [2.05, 4.69) is 186 Å². The van der Waals surface area contributed by atoms with E-state index >= 15 is 0 Å². The summed E-state index contributed by atoms with van der Waals surface area (Å²) in [5.41, 5.74) is 10.8. The lowest BCUT2D eigenvalue weighted by Gasteiger charge is -2.27. The number of nitrogens with zero attached hydrogens (tertiary/aromatic N) is 2. The van der Waals surface area contributed by atoms with Gasteiger partial charge >= 0.3 is 11.9 Å². The summed E-state index contributed by atoms with van der Waals surface area (Å²) in [6, 6.07) is 66.2. The summed E-state index contributed by atoms with van der Waals surface area (Å²) in [4.78, 5) is 27.1. The minimum atomic E-state index is -0.440. The first-order valence-corrected chi connectivity index (χ1v) is 26.3. The maximum atomic E-state index is 11.3. The monoisotopic (exact) mass is 1040 g/mol. The Morgan fingerprint density at radius 2 is 0.603 bits per heavy atom. The van der Waals surface area contributed by atoms with Crippen LogP contribution in [0.3, 0.4) is 0 Å². The summed E-state index contributed by atoms with van der Waals surface area (Å²) in [7, 11) is 0. The number of carbonyl (C=O) groups is 2. The van der Waals surface area contributed by atoms with Crippen LogP contribution in [0.5, 0.6) is 34.5 Å². The predicted molar refractivity (Wildman–Crippen MR) is 314 cm³/mol. The van der Waals surface area contributed by atoms with Crippen LogP contribution in [0.15, 0.2) is 219 Å². The number of hydrogen-bond donors (Lipinski definition) is 0. The van der Waals surface area contributed by atoms with Crippen LogP contribution in [0.4, 0.5) is 34.1 Å². The van der Waals surface area contributed by atoms with Gasteiger partial charge in [-0.15, -0.1) is 0 Å². The molecular formula is C68H68N2O8. The van der Waals surface area contributed by atoms with Gasteiger partial charge in [-0.3, -0.25) is 0 Å². The van der Waals surface area contributed by atoms with Crippen molar-refractivity contribution in [3.63, 3.8) is 0 Å². The molecule has 398 valence electrons. The lowest BCUT2D eigenvalue weighted by Crippen LogP contribution is -2.13. The van der Waals surface area contributed by atoms with E-state index in [1.807, 2.05) is 72.8 Å². The molecule has 0 aliphatic heterocycles. The van der Waals surface area contributed by atoms with Crippen LogP contribution in [-0.2, 0) is 29.9 Å². The Hall–Kier alpha value is -9.02. The fourth-order valence-electron chi connectivity index (χ4n) is 8.49. The van der Waals surface area contributed by atoms with Gasteiger partial charge in [0.2, 0.25) is 0 Å². The Bertz CT molecular complexity index is 2990.